The second kappa shape index (κ2) is 6.00. The van der Waals surface area contributed by atoms with Crippen LogP contribution in [0, 0.1) is 11.6 Å². The van der Waals surface area contributed by atoms with E-state index < -0.39 is 17.2 Å². The molecule has 0 unspecified atom stereocenters. The van der Waals surface area contributed by atoms with Gasteiger partial charge in [0.05, 0.1) is 5.54 Å². The Hall–Kier alpha value is -1.29. The van der Waals surface area contributed by atoms with Gasteiger partial charge in [0.2, 0.25) is 0 Å². The minimum absolute atomic E-state index is 0.105. The van der Waals surface area contributed by atoms with Gasteiger partial charge in [-0.3, -0.25) is 9.69 Å². The molecule has 0 atom stereocenters. The Balaban J connectivity index is 2.18. The summed E-state index contributed by atoms with van der Waals surface area (Å²) >= 11 is 0. The van der Waals surface area contributed by atoms with E-state index in [1.165, 1.54) is 6.07 Å². The molecule has 4 heteroatoms. The third-order valence-corrected chi connectivity index (χ3v) is 4.40. The van der Waals surface area contributed by atoms with Crippen molar-refractivity contribution in [3.8, 4) is 0 Å². The van der Waals surface area contributed by atoms with Crippen molar-refractivity contribution in [3.05, 3.63) is 35.4 Å². The number of nitrogens with zero attached hydrogens (tertiary/aromatic N) is 1. The molecule has 2 nitrogen and oxygen atoms in total. The molecular weight excluding hydrogens is 260 g/mol. The predicted octanol–water partition coefficient (Wildman–Crippen LogP) is 3.34. The number of hydrogen-bond donors (Lipinski definition) is 0. The summed E-state index contributed by atoms with van der Waals surface area (Å²) in [5, 5.41) is 0. The van der Waals surface area contributed by atoms with Gasteiger partial charge in [-0.05, 0) is 44.6 Å². The highest BCUT2D eigenvalue weighted by Crippen LogP contribution is 2.34. The van der Waals surface area contributed by atoms with Crippen LogP contribution in [0.25, 0.3) is 0 Å². The highest BCUT2D eigenvalue weighted by molar-refractivity contribution is 5.90. The molecule has 1 saturated carbocycles. The monoisotopic (exact) mass is 281 g/mol. The molecule has 0 radical (unpaired) electrons. The Labute approximate surface area is 118 Å². The summed E-state index contributed by atoms with van der Waals surface area (Å²) in [6, 6.07) is 3.70. The minimum Gasteiger partial charge on any atom is -0.297 e. The minimum atomic E-state index is -0.891. The largest absolute Gasteiger partial charge is 0.297 e. The lowest BCUT2D eigenvalue weighted by Crippen LogP contribution is -2.53. The molecule has 1 aromatic rings. The number of carbonyl (C=O) groups excluding carboxylic acids is 1. The second-order valence-corrected chi connectivity index (χ2v) is 5.84. The molecule has 110 valence electrons. The molecule has 0 heterocycles. The maximum atomic E-state index is 13.2. The normalized spacial score (nSPS) is 18.2. The van der Waals surface area contributed by atoms with Gasteiger partial charge in [-0.25, -0.2) is 8.78 Å². The molecule has 0 spiro atoms. The highest BCUT2D eigenvalue weighted by atomic mass is 19.2. The molecule has 0 saturated heterocycles. The third kappa shape index (κ3) is 2.90. The highest BCUT2D eigenvalue weighted by Gasteiger charge is 2.40. The van der Waals surface area contributed by atoms with Crippen LogP contribution >= 0.6 is 0 Å². The maximum Gasteiger partial charge on any atom is 0.159 e. The summed E-state index contributed by atoms with van der Waals surface area (Å²) in [7, 11) is 3.85. The van der Waals surface area contributed by atoms with Crippen molar-refractivity contribution in [1.82, 2.24) is 4.90 Å². The van der Waals surface area contributed by atoms with Crippen molar-refractivity contribution in [3.63, 3.8) is 0 Å². The lowest BCUT2D eigenvalue weighted by molar-refractivity contribution is -0.131. The molecule has 0 amide bonds. The number of rotatable bonds is 4. The first kappa shape index (κ1) is 15.1. The van der Waals surface area contributed by atoms with E-state index in [1.807, 2.05) is 19.0 Å². The quantitative estimate of drug-likeness (QED) is 0.843. The lowest BCUT2D eigenvalue weighted by atomic mass is 9.76. The van der Waals surface area contributed by atoms with E-state index in [4.69, 9.17) is 0 Å². The van der Waals surface area contributed by atoms with Gasteiger partial charge in [-0.1, -0.05) is 25.3 Å². The average Bonchev–Trinajstić information content (AvgIpc) is 2.43. The first-order valence-electron chi connectivity index (χ1n) is 7.10. The molecule has 20 heavy (non-hydrogen) atoms. The molecule has 0 bridgehead atoms. The zero-order valence-corrected chi connectivity index (χ0v) is 12.1. The Bertz CT molecular complexity index is 493. The fourth-order valence-electron chi connectivity index (χ4n) is 3.11. The van der Waals surface area contributed by atoms with Crippen LogP contribution in [0.1, 0.15) is 37.7 Å². The number of benzene rings is 1. The zero-order chi connectivity index (χ0) is 14.8. The second-order valence-electron chi connectivity index (χ2n) is 5.84. The first-order valence-corrected chi connectivity index (χ1v) is 7.10. The van der Waals surface area contributed by atoms with E-state index in [9.17, 15) is 13.6 Å². The molecule has 0 N–H and O–H groups in total. The number of halogens is 2. The maximum absolute atomic E-state index is 13.2. The lowest BCUT2D eigenvalue weighted by Gasteiger charge is -2.41. The van der Waals surface area contributed by atoms with Gasteiger partial charge in [0.15, 0.2) is 17.4 Å². The molecule has 1 aliphatic carbocycles. The van der Waals surface area contributed by atoms with Crippen LogP contribution in [-0.4, -0.2) is 30.3 Å². The van der Waals surface area contributed by atoms with Crippen LogP contribution in [0.15, 0.2) is 18.2 Å². The van der Waals surface area contributed by atoms with Crippen LogP contribution in [0.2, 0.25) is 0 Å². The SMILES string of the molecule is CN(C)C1(C(=O)Cc2ccc(F)c(F)c2)CCCCC1. The van der Waals surface area contributed by atoms with Gasteiger partial charge in [0.1, 0.15) is 0 Å². The van der Waals surface area contributed by atoms with E-state index in [0.29, 0.717) is 5.56 Å². The van der Waals surface area contributed by atoms with Gasteiger partial charge in [0, 0.05) is 6.42 Å². The van der Waals surface area contributed by atoms with Gasteiger partial charge < -0.3 is 0 Å². The molecule has 1 aliphatic rings. The average molecular weight is 281 g/mol. The molecule has 2 rings (SSSR count). The van der Waals surface area contributed by atoms with Gasteiger partial charge >= 0.3 is 0 Å². The van der Waals surface area contributed by atoms with E-state index in [1.54, 1.807) is 0 Å². The Morgan fingerprint density at radius 2 is 1.80 bits per heavy atom. The fraction of sp³-hybridized carbons (Fsp3) is 0.562. The molecular formula is C16H21F2NO. The van der Waals surface area contributed by atoms with Crippen LogP contribution < -0.4 is 0 Å². The number of carbonyl (C=O) groups is 1. The summed E-state index contributed by atoms with van der Waals surface area (Å²) in [4.78, 5) is 14.7. The topological polar surface area (TPSA) is 20.3 Å². The van der Waals surface area contributed by atoms with Gasteiger partial charge in [-0.15, -0.1) is 0 Å². The molecule has 0 aromatic heterocycles. The summed E-state index contributed by atoms with van der Waals surface area (Å²) in [5.41, 5.74) is 0.101. The number of hydrogen-bond acceptors (Lipinski definition) is 2. The van der Waals surface area contributed by atoms with Crippen LogP contribution in [0.4, 0.5) is 8.78 Å². The van der Waals surface area contributed by atoms with E-state index in [2.05, 4.69) is 0 Å². The predicted molar refractivity (Wildman–Crippen MR) is 74.6 cm³/mol. The van der Waals surface area contributed by atoms with Gasteiger partial charge in [-0.2, -0.15) is 0 Å². The van der Waals surface area contributed by atoms with Crippen molar-refractivity contribution in [2.45, 2.75) is 44.1 Å². The molecule has 1 aromatic carbocycles. The summed E-state index contributed by atoms with van der Waals surface area (Å²) in [6.07, 6.45) is 5.11. The Kier molecular flexibility index (Phi) is 4.53. The van der Waals surface area contributed by atoms with E-state index >= 15 is 0 Å². The summed E-state index contributed by atoms with van der Waals surface area (Å²) in [5.74, 6) is -1.66. The van der Waals surface area contributed by atoms with Crippen molar-refractivity contribution in [2.75, 3.05) is 14.1 Å². The number of ketones is 1. The molecule has 1 fully saturated rings. The standard InChI is InChI=1S/C16H21F2NO/c1-19(2)16(8-4-3-5-9-16)15(20)11-12-6-7-13(17)14(18)10-12/h6-7,10H,3-5,8-9,11H2,1-2H3. The Morgan fingerprint density at radius 1 is 1.15 bits per heavy atom. The smallest absolute Gasteiger partial charge is 0.159 e. The summed E-state index contributed by atoms with van der Waals surface area (Å²) in [6.45, 7) is 0. The van der Waals surface area contributed by atoms with Crippen molar-refractivity contribution in [1.29, 1.82) is 0 Å². The summed E-state index contributed by atoms with van der Waals surface area (Å²) < 4.78 is 26.2. The van der Waals surface area contributed by atoms with Crippen LogP contribution in [-0.2, 0) is 11.2 Å². The van der Waals surface area contributed by atoms with Crippen LogP contribution in [0.3, 0.4) is 0 Å². The number of likely N-dealkylation sites (N-methyl/N-ethyl adjacent to an activating group) is 1. The van der Waals surface area contributed by atoms with E-state index in [0.717, 1.165) is 44.2 Å². The fourth-order valence-corrected chi connectivity index (χ4v) is 3.11. The third-order valence-electron chi connectivity index (χ3n) is 4.40. The molecule has 0 aliphatic heterocycles. The Morgan fingerprint density at radius 3 is 2.35 bits per heavy atom. The number of Topliss-reactive ketones (excluding diaryl/α,β-unsaturated/α-hetero) is 1. The van der Waals surface area contributed by atoms with E-state index in [-0.39, 0.29) is 12.2 Å². The van der Waals surface area contributed by atoms with Crippen LogP contribution in [0.5, 0.6) is 0 Å². The van der Waals surface area contributed by atoms with Crippen molar-refractivity contribution >= 4 is 5.78 Å². The first-order chi connectivity index (χ1) is 9.45. The zero-order valence-electron chi connectivity index (χ0n) is 12.1. The van der Waals surface area contributed by atoms with Crippen molar-refractivity contribution < 1.29 is 13.6 Å². The van der Waals surface area contributed by atoms with Crippen molar-refractivity contribution in [2.24, 2.45) is 0 Å². The van der Waals surface area contributed by atoms with Gasteiger partial charge in [0.25, 0.3) is 0 Å².